The summed E-state index contributed by atoms with van der Waals surface area (Å²) in [6.07, 6.45) is 0.704. The first-order chi connectivity index (χ1) is 9.10. The molecule has 0 aliphatic rings. The van der Waals surface area contributed by atoms with Crippen LogP contribution in [0.5, 0.6) is 0 Å². The molecule has 1 atom stereocenters. The van der Waals surface area contributed by atoms with Gasteiger partial charge in [0.1, 0.15) is 5.82 Å². The van der Waals surface area contributed by atoms with Crippen LogP contribution in [0.15, 0.2) is 46.9 Å². The highest BCUT2D eigenvalue weighted by Gasteiger charge is 2.14. The number of hydrogen-bond donors (Lipinski definition) is 2. The van der Waals surface area contributed by atoms with E-state index in [0.717, 1.165) is 19.2 Å². The summed E-state index contributed by atoms with van der Waals surface area (Å²) in [5.41, 5.74) is 4.96. The average Bonchev–Trinajstić information content (AvgIpc) is 2.41. The van der Waals surface area contributed by atoms with Crippen molar-refractivity contribution >= 4 is 38.5 Å². The van der Waals surface area contributed by atoms with Crippen molar-refractivity contribution in [3.63, 3.8) is 0 Å². The molecule has 0 saturated heterocycles. The lowest BCUT2D eigenvalue weighted by atomic mass is 9.99. The number of hydrazine groups is 1. The maximum absolute atomic E-state index is 12.9. The number of halogens is 3. The summed E-state index contributed by atoms with van der Waals surface area (Å²) >= 11 is 5.81. The molecule has 0 saturated carbocycles. The Bertz CT molecular complexity index is 560. The molecule has 100 valence electrons. The van der Waals surface area contributed by atoms with Crippen molar-refractivity contribution in [3.05, 3.63) is 67.5 Å². The third kappa shape index (κ3) is 3.98. The second kappa shape index (κ2) is 6.78. The maximum Gasteiger partial charge on any atom is 0.123 e. The van der Waals surface area contributed by atoms with Crippen LogP contribution >= 0.6 is 38.5 Å². The minimum atomic E-state index is -0.226. The van der Waals surface area contributed by atoms with E-state index in [4.69, 9.17) is 5.84 Å². The Kier molecular flexibility index (Phi) is 5.32. The van der Waals surface area contributed by atoms with Crippen LogP contribution < -0.4 is 11.3 Å². The van der Waals surface area contributed by atoms with Gasteiger partial charge in [0.2, 0.25) is 0 Å². The van der Waals surface area contributed by atoms with Gasteiger partial charge < -0.3 is 0 Å². The Morgan fingerprint density at radius 2 is 1.89 bits per heavy atom. The Morgan fingerprint density at radius 1 is 1.21 bits per heavy atom. The summed E-state index contributed by atoms with van der Waals surface area (Å²) in [7, 11) is 0. The predicted molar refractivity (Wildman–Crippen MR) is 87.0 cm³/mol. The topological polar surface area (TPSA) is 38.0 Å². The standard InChI is InChI=1S/C14H13BrFIN2/c15-13-6-5-11(17)8-12(13)14(19-18)7-9-1-3-10(16)4-2-9/h1-6,8,14,19H,7,18H2. The first-order valence-corrected chi connectivity index (χ1v) is 7.63. The van der Waals surface area contributed by atoms with Gasteiger partial charge in [-0.25, -0.2) is 4.39 Å². The quantitative estimate of drug-likeness (QED) is 0.434. The zero-order valence-corrected chi connectivity index (χ0v) is 13.8. The third-order valence-electron chi connectivity index (χ3n) is 2.89. The van der Waals surface area contributed by atoms with Crippen LogP contribution in [-0.4, -0.2) is 0 Å². The Morgan fingerprint density at radius 3 is 2.53 bits per heavy atom. The lowest BCUT2D eigenvalue weighted by Crippen LogP contribution is -2.30. The molecule has 1 unspecified atom stereocenters. The highest BCUT2D eigenvalue weighted by Crippen LogP contribution is 2.27. The second-order valence-electron chi connectivity index (χ2n) is 4.22. The van der Waals surface area contributed by atoms with Crippen LogP contribution in [0, 0.1) is 9.39 Å². The molecule has 0 aliphatic carbocycles. The molecule has 0 aliphatic heterocycles. The Hall–Kier alpha value is -0.500. The normalized spacial score (nSPS) is 12.4. The van der Waals surface area contributed by atoms with Gasteiger partial charge >= 0.3 is 0 Å². The average molecular weight is 435 g/mol. The number of nitrogens with one attached hydrogen (secondary N) is 1. The van der Waals surface area contributed by atoms with Crippen LogP contribution in [0.3, 0.4) is 0 Å². The largest absolute Gasteiger partial charge is 0.271 e. The van der Waals surface area contributed by atoms with Crippen LogP contribution in [-0.2, 0) is 6.42 Å². The zero-order chi connectivity index (χ0) is 13.8. The minimum Gasteiger partial charge on any atom is -0.271 e. The van der Waals surface area contributed by atoms with Gasteiger partial charge in [0.15, 0.2) is 0 Å². The molecule has 0 bridgehead atoms. The molecule has 2 nitrogen and oxygen atoms in total. The van der Waals surface area contributed by atoms with Gasteiger partial charge in [-0.3, -0.25) is 11.3 Å². The SMILES string of the molecule is NNC(Cc1ccc(F)cc1)c1cc(I)ccc1Br. The van der Waals surface area contributed by atoms with Crippen molar-refractivity contribution < 1.29 is 4.39 Å². The molecule has 2 aromatic rings. The van der Waals surface area contributed by atoms with Crippen molar-refractivity contribution in [1.82, 2.24) is 5.43 Å². The van der Waals surface area contributed by atoms with Gasteiger partial charge in [0.25, 0.3) is 0 Å². The van der Waals surface area contributed by atoms with Crippen LogP contribution in [0.4, 0.5) is 4.39 Å². The molecule has 0 amide bonds. The van der Waals surface area contributed by atoms with Gasteiger partial charge in [0, 0.05) is 8.04 Å². The summed E-state index contributed by atoms with van der Waals surface area (Å²) in [5.74, 6) is 5.43. The fourth-order valence-electron chi connectivity index (χ4n) is 1.90. The van der Waals surface area contributed by atoms with E-state index in [-0.39, 0.29) is 11.9 Å². The monoisotopic (exact) mass is 434 g/mol. The van der Waals surface area contributed by atoms with Gasteiger partial charge in [-0.1, -0.05) is 28.1 Å². The van der Waals surface area contributed by atoms with Crippen molar-refractivity contribution in [3.8, 4) is 0 Å². The molecule has 0 fully saturated rings. The lowest BCUT2D eigenvalue weighted by molar-refractivity contribution is 0.548. The molecule has 2 aromatic carbocycles. The molecule has 0 radical (unpaired) electrons. The number of benzene rings is 2. The molecular formula is C14H13BrFIN2. The van der Waals surface area contributed by atoms with Gasteiger partial charge in [-0.2, -0.15) is 0 Å². The molecule has 19 heavy (non-hydrogen) atoms. The predicted octanol–water partition coefficient (Wildman–Crippen LogP) is 3.94. The van der Waals surface area contributed by atoms with Gasteiger partial charge in [-0.15, -0.1) is 0 Å². The van der Waals surface area contributed by atoms with E-state index in [1.807, 2.05) is 12.1 Å². The fourth-order valence-corrected chi connectivity index (χ4v) is 2.93. The molecular weight excluding hydrogens is 422 g/mol. The van der Waals surface area contributed by atoms with E-state index >= 15 is 0 Å². The van der Waals surface area contributed by atoms with E-state index in [9.17, 15) is 4.39 Å². The summed E-state index contributed by atoms with van der Waals surface area (Å²) in [6.45, 7) is 0. The van der Waals surface area contributed by atoms with Crippen LogP contribution in [0.1, 0.15) is 17.2 Å². The molecule has 0 aromatic heterocycles. The van der Waals surface area contributed by atoms with Crippen LogP contribution in [0.2, 0.25) is 0 Å². The highest BCUT2D eigenvalue weighted by molar-refractivity contribution is 14.1. The minimum absolute atomic E-state index is 0.0189. The van der Waals surface area contributed by atoms with Crippen LogP contribution in [0.25, 0.3) is 0 Å². The van der Waals surface area contributed by atoms with Crippen molar-refractivity contribution in [1.29, 1.82) is 0 Å². The van der Waals surface area contributed by atoms with E-state index < -0.39 is 0 Å². The molecule has 3 N–H and O–H groups in total. The molecule has 5 heteroatoms. The smallest absolute Gasteiger partial charge is 0.123 e. The van der Waals surface area contributed by atoms with Gasteiger partial charge in [-0.05, 0) is 70.5 Å². The number of nitrogens with two attached hydrogens (primary N) is 1. The van der Waals surface area contributed by atoms with E-state index in [1.165, 1.54) is 12.1 Å². The summed E-state index contributed by atoms with van der Waals surface area (Å²) in [6, 6.07) is 12.6. The van der Waals surface area contributed by atoms with E-state index in [2.05, 4.69) is 50.0 Å². The Labute approximate surface area is 133 Å². The summed E-state index contributed by atoms with van der Waals surface area (Å²) in [4.78, 5) is 0. The van der Waals surface area contributed by atoms with E-state index in [0.29, 0.717) is 6.42 Å². The lowest BCUT2D eigenvalue weighted by Gasteiger charge is -2.18. The third-order valence-corrected chi connectivity index (χ3v) is 4.28. The number of hydrogen-bond acceptors (Lipinski definition) is 2. The summed E-state index contributed by atoms with van der Waals surface area (Å²) < 4.78 is 15.1. The first kappa shape index (κ1) is 14.9. The highest BCUT2D eigenvalue weighted by atomic mass is 127. The maximum atomic E-state index is 12.9. The van der Waals surface area contributed by atoms with Crippen molar-refractivity contribution in [2.24, 2.45) is 5.84 Å². The molecule has 2 rings (SSSR count). The second-order valence-corrected chi connectivity index (χ2v) is 6.32. The zero-order valence-electron chi connectivity index (χ0n) is 10.0. The molecule has 0 spiro atoms. The van der Waals surface area contributed by atoms with Crippen molar-refractivity contribution in [2.75, 3.05) is 0 Å². The fraction of sp³-hybridized carbons (Fsp3) is 0.143. The number of rotatable bonds is 4. The molecule has 0 heterocycles. The van der Waals surface area contributed by atoms with E-state index in [1.54, 1.807) is 12.1 Å². The van der Waals surface area contributed by atoms with Crippen molar-refractivity contribution in [2.45, 2.75) is 12.5 Å². The Balaban J connectivity index is 2.24. The van der Waals surface area contributed by atoms with Gasteiger partial charge in [0.05, 0.1) is 6.04 Å². The summed E-state index contributed by atoms with van der Waals surface area (Å²) in [5, 5.41) is 0. The first-order valence-electron chi connectivity index (χ1n) is 5.75.